The van der Waals surface area contributed by atoms with E-state index in [1.54, 1.807) is 17.2 Å². The van der Waals surface area contributed by atoms with Crippen LogP contribution in [0.15, 0.2) is 52.5 Å². The number of benzene rings is 1. The zero-order valence-corrected chi connectivity index (χ0v) is 17.0. The highest BCUT2D eigenvalue weighted by Crippen LogP contribution is 2.25. The maximum absolute atomic E-state index is 13.1. The highest BCUT2D eigenvalue weighted by Gasteiger charge is 2.22. The Morgan fingerprint density at radius 1 is 1.13 bits per heavy atom. The molecule has 156 valence electrons. The molecule has 0 atom stereocenters. The Kier molecular flexibility index (Phi) is 6.20. The zero-order chi connectivity index (χ0) is 20.9. The molecule has 1 N–H and O–H groups in total. The lowest BCUT2D eigenvalue weighted by molar-refractivity contribution is -0.117. The van der Waals surface area contributed by atoms with E-state index in [2.05, 4.69) is 10.3 Å². The fourth-order valence-electron chi connectivity index (χ4n) is 3.34. The summed E-state index contributed by atoms with van der Waals surface area (Å²) in [6.07, 6.45) is 2.34. The number of hydrogen-bond donors (Lipinski definition) is 1. The molecule has 3 heterocycles. The summed E-state index contributed by atoms with van der Waals surface area (Å²) in [5.41, 5.74) is 1.16. The van der Waals surface area contributed by atoms with Gasteiger partial charge in [0, 0.05) is 37.1 Å². The molecule has 1 aromatic carbocycles. The molecule has 0 aliphatic carbocycles. The number of rotatable bonds is 5. The molecule has 7 nitrogen and oxygen atoms in total. The number of halogens is 1. The van der Waals surface area contributed by atoms with Gasteiger partial charge in [-0.2, -0.15) is 0 Å². The van der Waals surface area contributed by atoms with Crippen molar-refractivity contribution >= 4 is 28.3 Å². The highest BCUT2D eigenvalue weighted by atomic mass is 32.1. The Morgan fingerprint density at radius 2 is 1.97 bits per heavy atom. The van der Waals surface area contributed by atoms with E-state index in [0.717, 1.165) is 13.0 Å². The average molecular weight is 428 g/mol. The maximum atomic E-state index is 13.1. The van der Waals surface area contributed by atoms with E-state index in [1.165, 1.54) is 35.6 Å². The molecule has 0 radical (unpaired) electrons. The second-order valence-electron chi connectivity index (χ2n) is 6.99. The van der Waals surface area contributed by atoms with Crippen LogP contribution in [0.25, 0.3) is 11.5 Å². The van der Waals surface area contributed by atoms with Crippen molar-refractivity contribution in [2.75, 3.05) is 38.0 Å². The fraction of sp³-hybridized carbons (Fsp3) is 0.286. The van der Waals surface area contributed by atoms with E-state index < -0.39 is 0 Å². The first-order chi connectivity index (χ1) is 14.6. The van der Waals surface area contributed by atoms with Crippen LogP contribution < -0.4 is 5.32 Å². The second-order valence-corrected chi connectivity index (χ2v) is 7.85. The highest BCUT2D eigenvalue weighted by molar-refractivity contribution is 7.14. The lowest BCUT2D eigenvalue weighted by atomic mass is 10.2. The van der Waals surface area contributed by atoms with Gasteiger partial charge >= 0.3 is 0 Å². The van der Waals surface area contributed by atoms with Crippen molar-refractivity contribution in [2.24, 2.45) is 0 Å². The number of furan rings is 1. The molecule has 1 saturated heterocycles. The van der Waals surface area contributed by atoms with E-state index in [9.17, 15) is 14.0 Å². The molecule has 9 heteroatoms. The van der Waals surface area contributed by atoms with Crippen molar-refractivity contribution in [3.8, 4) is 11.5 Å². The van der Waals surface area contributed by atoms with Crippen molar-refractivity contribution in [3.63, 3.8) is 0 Å². The number of hydrogen-bond acceptors (Lipinski definition) is 6. The molecule has 4 rings (SSSR count). The van der Waals surface area contributed by atoms with E-state index in [0.29, 0.717) is 41.8 Å². The van der Waals surface area contributed by atoms with Crippen molar-refractivity contribution < 1.29 is 18.4 Å². The zero-order valence-electron chi connectivity index (χ0n) is 16.2. The van der Waals surface area contributed by atoms with Gasteiger partial charge in [0.1, 0.15) is 11.5 Å². The van der Waals surface area contributed by atoms with Gasteiger partial charge in [-0.05, 0) is 42.8 Å². The molecule has 1 aliphatic heterocycles. The van der Waals surface area contributed by atoms with Crippen LogP contribution in [0.2, 0.25) is 0 Å². The first kappa shape index (κ1) is 20.2. The van der Waals surface area contributed by atoms with Gasteiger partial charge in [-0.15, -0.1) is 11.3 Å². The summed E-state index contributed by atoms with van der Waals surface area (Å²) in [6, 6.07) is 9.18. The number of carbonyl (C=O) groups excluding carboxylic acids is 2. The number of carbonyl (C=O) groups is 2. The second kappa shape index (κ2) is 9.19. The molecule has 1 fully saturated rings. The number of amides is 2. The van der Waals surface area contributed by atoms with Gasteiger partial charge in [0.2, 0.25) is 5.91 Å². The summed E-state index contributed by atoms with van der Waals surface area (Å²) in [5, 5.41) is 5.18. The number of nitrogens with one attached hydrogen (secondary N) is 1. The predicted octanol–water partition coefficient (Wildman–Crippen LogP) is 3.33. The Bertz CT molecular complexity index is 1000. The van der Waals surface area contributed by atoms with Crippen LogP contribution in [0.5, 0.6) is 0 Å². The van der Waals surface area contributed by atoms with Crippen LogP contribution in [0.3, 0.4) is 0 Å². The average Bonchev–Trinajstić information content (AvgIpc) is 3.37. The molecule has 2 amide bonds. The minimum Gasteiger partial charge on any atom is -0.463 e. The van der Waals surface area contributed by atoms with Crippen LogP contribution in [0.4, 0.5) is 9.52 Å². The molecule has 30 heavy (non-hydrogen) atoms. The van der Waals surface area contributed by atoms with Crippen molar-refractivity contribution in [2.45, 2.75) is 6.42 Å². The third kappa shape index (κ3) is 4.92. The Hall–Kier alpha value is -3.04. The standard InChI is InChI=1S/C21H21FN4O3S/c22-16-6-4-15(5-7-16)20(28)26-9-2-8-25(10-11-26)13-19(27)24-21-23-17(14-30-21)18-3-1-12-29-18/h1,3-7,12,14H,2,8-11,13H2,(H,23,24,27). The summed E-state index contributed by atoms with van der Waals surface area (Å²) in [7, 11) is 0. The van der Waals surface area contributed by atoms with E-state index in [-0.39, 0.29) is 24.2 Å². The molecule has 0 saturated carbocycles. The topological polar surface area (TPSA) is 78.7 Å². The normalized spacial score (nSPS) is 15.0. The van der Waals surface area contributed by atoms with Gasteiger partial charge in [-0.3, -0.25) is 14.5 Å². The lowest BCUT2D eigenvalue weighted by Gasteiger charge is -2.21. The molecular formula is C21H21FN4O3S. The summed E-state index contributed by atoms with van der Waals surface area (Å²) in [6.45, 7) is 2.66. The summed E-state index contributed by atoms with van der Waals surface area (Å²) >= 11 is 1.34. The largest absolute Gasteiger partial charge is 0.463 e. The molecule has 0 unspecified atom stereocenters. The molecule has 2 aromatic heterocycles. The van der Waals surface area contributed by atoms with Crippen LogP contribution in [-0.4, -0.2) is 59.3 Å². The molecule has 3 aromatic rings. The number of nitrogens with zero attached hydrogens (tertiary/aromatic N) is 3. The lowest BCUT2D eigenvalue weighted by Crippen LogP contribution is -2.38. The van der Waals surface area contributed by atoms with E-state index in [4.69, 9.17) is 4.42 Å². The van der Waals surface area contributed by atoms with Crippen LogP contribution in [0, 0.1) is 5.82 Å². The van der Waals surface area contributed by atoms with Crippen molar-refractivity contribution in [1.29, 1.82) is 0 Å². The fourth-order valence-corrected chi connectivity index (χ4v) is 4.05. The summed E-state index contributed by atoms with van der Waals surface area (Å²) in [5.74, 6) is 0.0319. The molecule has 1 aliphatic rings. The maximum Gasteiger partial charge on any atom is 0.253 e. The SMILES string of the molecule is O=C(CN1CCCN(C(=O)c2ccc(F)cc2)CC1)Nc1nc(-c2ccco2)cs1. The monoisotopic (exact) mass is 428 g/mol. The van der Waals surface area contributed by atoms with Crippen LogP contribution in [-0.2, 0) is 4.79 Å². The first-order valence-electron chi connectivity index (χ1n) is 9.65. The van der Waals surface area contributed by atoms with Crippen LogP contribution in [0.1, 0.15) is 16.8 Å². The van der Waals surface area contributed by atoms with E-state index in [1.807, 2.05) is 16.3 Å². The van der Waals surface area contributed by atoms with Crippen LogP contribution >= 0.6 is 11.3 Å². The molecule has 0 spiro atoms. The third-order valence-electron chi connectivity index (χ3n) is 4.86. The molecule has 0 bridgehead atoms. The Labute approximate surface area is 177 Å². The number of aromatic nitrogens is 1. The number of anilines is 1. The summed E-state index contributed by atoms with van der Waals surface area (Å²) < 4.78 is 18.4. The van der Waals surface area contributed by atoms with E-state index >= 15 is 0 Å². The van der Waals surface area contributed by atoms with Gasteiger partial charge in [-0.1, -0.05) is 0 Å². The third-order valence-corrected chi connectivity index (χ3v) is 5.62. The number of thiazole rings is 1. The minimum absolute atomic E-state index is 0.116. The van der Waals surface area contributed by atoms with Gasteiger partial charge in [0.05, 0.1) is 12.8 Å². The van der Waals surface area contributed by atoms with Crippen molar-refractivity contribution in [3.05, 3.63) is 59.4 Å². The van der Waals surface area contributed by atoms with Gasteiger partial charge in [0.15, 0.2) is 10.9 Å². The predicted molar refractivity (Wildman–Crippen MR) is 112 cm³/mol. The smallest absolute Gasteiger partial charge is 0.253 e. The molecular weight excluding hydrogens is 407 g/mol. The summed E-state index contributed by atoms with van der Waals surface area (Å²) in [4.78, 5) is 33.2. The van der Waals surface area contributed by atoms with Crippen molar-refractivity contribution in [1.82, 2.24) is 14.8 Å². The quantitative estimate of drug-likeness (QED) is 0.675. The first-order valence-corrected chi connectivity index (χ1v) is 10.5. The van der Waals surface area contributed by atoms with Gasteiger partial charge in [0.25, 0.3) is 5.91 Å². The minimum atomic E-state index is -0.365. The van der Waals surface area contributed by atoms with Gasteiger partial charge in [-0.25, -0.2) is 9.37 Å². The Balaban J connectivity index is 1.29. The Morgan fingerprint density at radius 3 is 2.73 bits per heavy atom. The van der Waals surface area contributed by atoms with Gasteiger partial charge < -0.3 is 14.6 Å².